The van der Waals surface area contributed by atoms with Crippen molar-refractivity contribution >= 4 is 11.6 Å². The molecule has 15 heavy (non-hydrogen) atoms. The second-order valence-corrected chi connectivity index (χ2v) is 3.82. The molecule has 1 saturated heterocycles. The van der Waals surface area contributed by atoms with E-state index in [2.05, 4.69) is 4.98 Å². The monoisotopic (exact) mass is 206 g/mol. The Morgan fingerprint density at radius 3 is 2.73 bits per heavy atom. The number of piperidine rings is 1. The van der Waals surface area contributed by atoms with Gasteiger partial charge >= 0.3 is 0 Å². The highest BCUT2D eigenvalue weighted by atomic mass is 16.1. The highest BCUT2D eigenvalue weighted by Gasteiger charge is 2.19. The summed E-state index contributed by atoms with van der Waals surface area (Å²) >= 11 is 0. The van der Waals surface area contributed by atoms with Crippen molar-refractivity contribution in [2.75, 3.05) is 19.6 Å². The molecule has 2 heterocycles. The van der Waals surface area contributed by atoms with E-state index in [-0.39, 0.29) is 5.78 Å². The van der Waals surface area contributed by atoms with Gasteiger partial charge in [-0.25, -0.2) is 0 Å². The van der Waals surface area contributed by atoms with Crippen LogP contribution in [0.25, 0.3) is 0 Å². The predicted molar refractivity (Wildman–Crippen MR) is 55.8 cm³/mol. The maximum atomic E-state index is 11.7. The molecule has 0 aliphatic carbocycles. The van der Waals surface area contributed by atoms with Crippen LogP contribution >= 0.6 is 0 Å². The Hall–Kier alpha value is -1.42. The van der Waals surface area contributed by atoms with Crippen molar-refractivity contribution in [2.45, 2.75) is 12.8 Å². The first-order chi connectivity index (χ1) is 7.25. The number of Topliss-reactive ketones (excluding diaryl/α,β-unsaturated/α-hetero) is 2. The zero-order valence-corrected chi connectivity index (χ0v) is 8.53. The number of hydrogen-bond acceptors (Lipinski definition) is 3. The number of carbonyl (C=O) groups is 2. The molecule has 0 aromatic carbocycles. The topological polar surface area (TPSA) is 53.2 Å². The number of ketones is 2. The molecule has 0 amide bonds. The predicted octanol–water partition coefficient (Wildman–Crippen LogP) is 0.862. The maximum absolute atomic E-state index is 11.7. The number of H-pyrrole nitrogens is 1. The Morgan fingerprint density at radius 1 is 1.40 bits per heavy atom. The molecular formula is C11H14N2O2. The van der Waals surface area contributed by atoms with Gasteiger partial charge < -0.3 is 4.98 Å². The molecule has 1 aromatic heterocycles. The van der Waals surface area contributed by atoms with Crippen LogP contribution in [0, 0.1) is 0 Å². The van der Waals surface area contributed by atoms with Gasteiger partial charge in [-0.2, -0.15) is 0 Å². The maximum Gasteiger partial charge on any atom is 0.192 e. The summed E-state index contributed by atoms with van der Waals surface area (Å²) in [5, 5.41) is 0. The first-order valence-corrected chi connectivity index (χ1v) is 5.16. The van der Waals surface area contributed by atoms with Crippen LogP contribution < -0.4 is 0 Å². The average molecular weight is 206 g/mol. The van der Waals surface area contributed by atoms with Crippen molar-refractivity contribution in [3.8, 4) is 0 Å². The van der Waals surface area contributed by atoms with E-state index in [1.54, 1.807) is 12.3 Å². The normalized spacial score (nSPS) is 18.0. The van der Waals surface area contributed by atoms with E-state index in [4.69, 9.17) is 0 Å². The number of likely N-dealkylation sites (tertiary alicyclic amines) is 1. The first kappa shape index (κ1) is 10.1. The lowest BCUT2D eigenvalue weighted by Crippen LogP contribution is -2.37. The van der Waals surface area contributed by atoms with Gasteiger partial charge in [-0.05, 0) is 12.1 Å². The molecule has 0 bridgehead atoms. The molecule has 1 N–H and O–H groups in total. The standard InChI is InChI=1S/C11H14N2O2/c14-9-3-6-13(7-4-9)8-11(15)10-2-1-5-12-10/h1-2,5,12H,3-4,6-8H2. The molecule has 0 saturated carbocycles. The fraction of sp³-hybridized carbons (Fsp3) is 0.455. The van der Waals surface area contributed by atoms with Gasteiger partial charge in [-0.1, -0.05) is 0 Å². The summed E-state index contributed by atoms with van der Waals surface area (Å²) in [4.78, 5) is 27.6. The molecule has 1 aliphatic rings. The van der Waals surface area contributed by atoms with E-state index >= 15 is 0 Å². The van der Waals surface area contributed by atoms with Crippen molar-refractivity contribution in [1.82, 2.24) is 9.88 Å². The van der Waals surface area contributed by atoms with Gasteiger partial charge in [0.15, 0.2) is 5.78 Å². The fourth-order valence-electron chi connectivity index (χ4n) is 1.75. The number of aromatic nitrogens is 1. The van der Waals surface area contributed by atoms with Crippen molar-refractivity contribution in [3.63, 3.8) is 0 Å². The number of nitrogens with zero attached hydrogens (tertiary/aromatic N) is 1. The lowest BCUT2D eigenvalue weighted by atomic mass is 10.1. The molecule has 0 unspecified atom stereocenters. The van der Waals surface area contributed by atoms with E-state index in [0.29, 0.717) is 44.0 Å². The Kier molecular flexibility index (Phi) is 2.97. The van der Waals surface area contributed by atoms with Gasteiger partial charge in [-0.15, -0.1) is 0 Å². The smallest absolute Gasteiger partial charge is 0.192 e. The summed E-state index contributed by atoms with van der Waals surface area (Å²) in [5.74, 6) is 0.396. The van der Waals surface area contributed by atoms with Gasteiger partial charge in [0.05, 0.1) is 12.2 Å². The van der Waals surface area contributed by atoms with Crippen LogP contribution in [-0.4, -0.2) is 41.1 Å². The van der Waals surface area contributed by atoms with E-state index < -0.39 is 0 Å². The molecule has 0 radical (unpaired) electrons. The molecule has 1 aliphatic heterocycles. The Bertz CT molecular complexity index is 347. The first-order valence-electron chi connectivity index (χ1n) is 5.16. The summed E-state index contributed by atoms with van der Waals surface area (Å²) in [6.45, 7) is 1.84. The summed E-state index contributed by atoms with van der Waals surface area (Å²) in [7, 11) is 0. The molecule has 4 nitrogen and oxygen atoms in total. The lowest BCUT2D eigenvalue weighted by molar-refractivity contribution is -0.121. The number of rotatable bonds is 3. The molecule has 4 heteroatoms. The van der Waals surface area contributed by atoms with E-state index in [1.807, 2.05) is 11.0 Å². The van der Waals surface area contributed by atoms with Crippen LogP contribution in [0.15, 0.2) is 18.3 Å². The fourth-order valence-corrected chi connectivity index (χ4v) is 1.75. The summed E-state index contributed by atoms with van der Waals surface area (Å²) in [5.41, 5.74) is 0.645. The second-order valence-electron chi connectivity index (χ2n) is 3.82. The summed E-state index contributed by atoms with van der Waals surface area (Å²) in [6.07, 6.45) is 2.91. The van der Waals surface area contributed by atoms with Crippen LogP contribution in [0.1, 0.15) is 23.3 Å². The van der Waals surface area contributed by atoms with Crippen molar-refractivity contribution < 1.29 is 9.59 Å². The van der Waals surface area contributed by atoms with Crippen LogP contribution in [0.4, 0.5) is 0 Å². The molecule has 0 spiro atoms. The number of nitrogens with one attached hydrogen (secondary N) is 1. The van der Waals surface area contributed by atoms with E-state index in [1.165, 1.54) is 0 Å². The third-order valence-corrected chi connectivity index (χ3v) is 2.68. The molecule has 1 fully saturated rings. The number of hydrogen-bond donors (Lipinski definition) is 1. The minimum absolute atomic E-state index is 0.0920. The third kappa shape index (κ3) is 2.53. The zero-order valence-electron chi connectivity index (χ0n) is 8.53. The van der Waals surface area contributed by atoms with Gasteiger partial charge in [0.1, 0.15) is 5.78 Å². The highest BCUT2D eigenvalue weighted by molar-refractivity contribution is 5.96. The summed E-state index contributed by atoms with van der Waals surface area (Å²) in [6, 6.07) is 3.59. The quantitative estimate of drug-likeness (QED) is 0.746. The van der Waals surface area contributed by atoms with Crippen molar-refractivity contribution in [2.24, 2.45) is 0 Å². The Morgan fingerprint density at radius 2 is 2.13 bits per heavy atom. The Balaban J connectivity index is 1.87. The van der Waals surface area contributed by atoms with Gasteiger partial charge in [-0.3, -0.25) is 14.5 Å². The average Bonchev–Trinajstić information content (AvgIpc) is 2.74. The SMILES string of the molecule is O=C1CCN(CC(=O)c2ccc[nH]2)CC1. The molecule has 80 valence electrons. The largest absolute Gasteiger partial charge is 0.359 e. The molecule has 1 aromatic rings. The van der Waals surface area contributed by atoms with Crippen molar-refractivity contribution in [3.05, 3.63) is 24.0 Å². The van der Waals surface area contributed by atoms with Crippen LogP contribution in [0.3, 0.4) is 0 Å². The molecule has 2 rings (SSSR count). The van der Waals surface area contributed by atoms with Gasteiger partial charge in [0.25, 0.3) is 0 Å². The van der Waals surface area contributed by atoms with Crippen LogP contribution in [0.5, 0.6) is 0 Å². The van der Waals surface area contributed by atoms with Crippen molar-refractivity contribution in [1.29, 1.82) is 0 Å². The summed E-state index contributed by atoms with van der Waals surface area (Å²) < 4.78 is 0. The molecular weight excluding hydrogens is 192 g/mol. The minimum Gasteiger partial charge on any atom is -0.359 e. The minimum atomic E-state index is 0.0920. The Labute approximate surface area is 88.3 Å². The van der Waals surface area contributed by atoms with Gasteiger partial charge in [0.2, 0.25) is 0 Å². The lowest BCUT2D eigenvalue weighted by Gasteiger charge is -2.24. The number of carbonyl (C=O) groups excluding carboxylic acids is 2. The van der Waals surface area contributed by atoms with E-state index in [0.717, 1.165) is 0 Å². The van der Waals surface area contributed by atoms with E-state index in [9.17, 15) is 9.59 Å². The second kappa shape index (κ2) is 4.40. The van der Waals surface area contributed by atoms with Crippen LogP contribution in [-0.2, 0) is 4.79 Å². The molecule has 0 atom stereocenters. The zero-order chi connectivity index (χ0) is 10.7. The van der Waals surface area contributed by atoms with Crippen LogP contribution in [0.2, 0.25) is 0 Å². The highest BCUT2D eigenvalue weighted by Crippen LogP contribution is 2.07. The van der Waals surface area contributed by atoms with Gasteiger partial charge in [0, 0.05) is 32.1 Å². The number of aromatic amines is 1. The third-order valence-electron chi connectivity index (χ3n) is 2.68.